The number of nitrogens with two attached hydrogens (primary N) is 1. The molecule has 6 heteroatoms. The number of hydrogen-bond donors (Lipinski definition) is 2. The standard InChI is InChI=1S/C13H10FN3O2/c14-10-4-1-8(2-5-10)12(18)9-3-6-11(16-7-9)17-13(15)19/h1-7H,(H3,15,16,17,19). The number of aromatic nitrogens is 1. The highest BCUT2D eigenvalue weighted by molar-refractivity contribution is 6.08. The molecule has 0 aliphatic heterocycles. The second-order valence-electron chi connectivity index (χ2n) is 3.76. The molecule has 0 spiro atoms. The predicted molar refractivity (Wildman–Crippen MR) is 67.3 cm³/mol. The molecule has 3 N–H and O–H groups in total. The van der Waals surface area contributed by atoms with E-state index in [4.69, 9.17) is 5.73 Å². The van der Waals surface area contributed by atoms with Crippen LogP contribution in [-0.2, 0) is 0 Å². The minimum atomic E-state index is -0.731. The highest BCUT2D eigenvalue weighted by Gasteiger charge is 2.09. The Labute approximate surface area is 108 Å². The summed E-state index contributed by atoms with van der Waals surface area (Å²) >= 11 is 0. The minimum Gasteiger partial charge on any atom is -0.351 e. The van der Waals surface area contributed by atoms with Gasteiger partial charge in [0.05, 0.1) is 0 Å². The van der Waals surface area contributed by atoms with Crippen molar-refractivity contribution in [2.24, 2.45) is 5.73 Å². The van der Waals surface area contributed by atoms with Crippen molar-refractivity contribution in [2.75, 3.05) is 5.32 Å². The van der Waals surface area contributed by atoms with Crippen LogP contribution in [0.15, 0.2) is 42.6 Å². The van der Waals surface area contributed by atoms with Gasteiger partial charge in [-0.15, -0.1) is 0 Å². The first-order valence-electron chi connectivity index (χ1n) is 5.39. The molecule has 0 aliphatic carbocycles. The van der Waals surface area contributed by atoms with E-state index in [1.165, 1.54) is 42.6 Å². The smallest absolute Gasteiger partial charge is 0.317 e. The van der Waals surface area contributed by atoms with Crippen LogP contribution >= 0.6 is 0 Å². The summed E-state index contributed by atoms with van der Waals surface area (Å²) in [5.41, 5.74) is 5.63. The van der Waals surface area contributed by atoms with Crippen LogP contribution in [0.3, 0.4) is 0 Å². The maximum atomic E-state index is 12.8. The Morgan fingerprint density at radius 3 is 2.21 bits per heavy atom. The molecule has 96 valence electrons. The van der Waals surface area contributed by atoms with Crippen molar-refractivity contribution in [1.82, 2.24) is 4.98 Å². The molecule has 0 unspecified atom stereocenters. The summed E-state index contributed by atoms with van der Waals surface area (Å²) in [6.45, 7) is 0. The van der Waals surface area contributed by atoms with Crippen LogP contribution in [0.2, 0.25) is 0 Å². The number of nitrogens with one attached hydrogen (secondary N) is 1. The van der Waals surface area contributed by atoms with E-state index in [2.05, 4.69) is 10.3 Å². The van der Waals surface area contributed by atoms with Crippen molar-refractivity contribution < 1.29 is 14.0 Å². The van der Waals surface area contributed by atoms with E-state index in [9.17, 15) is 14.0 Å². The van der Waals surface area contributed by atoms with Crippen LogP contribution in [-0.4, -0.2) is 16.8 Å². The zero-order valence-electron chi connectivity index (χ0n) is 9.76. The highest BCUT2D eigenvalue weighted by Crippen LogP contribution is 2.12. The normalized spacial score (nSPS) is 9.95. The Kier molecular flexibility index (Phi) is 3.51. The van der Waals surface area contributed by atoms with Crippen molar-refractivity contribution in [3.05, 3.63) is 59.5 Å². The maximum absolute atomic E-state index is 12.8. The van der Waals surface area contributed by atoms with Crippen LogP contribution < -0.4 is 11.1 Å². The number of pyridine rings is 1. The molecule has 0 radical (unpaired) electrons. The van der Waals surface area contributed by atoms with E-state index in [0.717, 1.165) is 0 Å². The van der Waals surface area contributed by atoms with Gasteiger partial charge in [-0.1, -0.05) is 0 Å². The lowest BCUT2D eigenvalue weighted by molar-refractivity contribution is 0.103. The van der Waals surface area contributed by atoms with Crippen LogP contribution in [0, 0.1) is 5.82 Å². The molecular formula is C13H10FN3O2. The third kappa shape index (κ3) is 3.12. The fraction of sp³-hybridized carbons (Fsp3) is 0. The Hall–Kier alpha value is -2.76. The molecule has 1 aromatic heterocycles. The van der Waals surface area contributed by atoms with Gasteiger partial charge in [0.2, 0.25) is 0 Å². The van der Waals surface area contributed by atoms with Gasteiger partial charge in [0.15, 0.2) is 5.78 Å². The third-order valence-electron chi connectivity index (χ3n) is 2.38. The summed E-state index contributed by atoms with van der Waals surface area (Å²) < 4.78 is 12.8. The second-order valence-corrected chi connectivity index (χ2v) is 3.76. The van der Waals surface area contributed by atoms with Gasteiger partial charge in [-0.2, -0.15) is 0 Å². The van der Waals surface area contributed by atoms with Crippen molar-refractivity contribution >= 4 is 17.6 Å². The summed E-state index contributed by atoms with van der Waals surface area (Å²) in [5.74, 6) is -0.433. The van der Waals surface area contributed by atoms with Gasteiger partial charge >= 0.3 is 6.03 Å². The number of carbonyl (C=O) groups excluding carboxylic acids is 2. The molecule has 0 saturated carbocycles. The third-order valence-corrected chi connectivity index (χ3v) is 2.38. The van der Waals surface area contributed by atoms with Gasteiger partial charge in [0.1, 0.15) is 11.6 Å². The lowest BCUT2D eigenvalue weighted by Gasteiger charge is -2.03. The van der Waals surface area contributed by atoms with Gasteiger partial charge in [-0.05, 0) is 36.4 Å². The SMILES string of the molecule is NC(=O)Nc1ccc(C(=O)c2ccc(F)cc2)cn1. The number of primary amides is 1. The first kappa shape index (κ1) is 12.7. The monoisotopic (exact) mass is 259 g/mol. The van der Waals surface area contributed by atoms with Gasteiger partial charge in [0, 0.05) is 17.3 Å². The molecule has 0 aliphatic rings. The first-order valence-corrected chi connectivity index (χ1v) is 5.39. The van der Waals surface area contributed by atoms with E-state index in [1.54, 1.807) is 0 Å². The maximum Gasteiger partial charge on any atom is 0.317 e. The van der Waals surface area contributed by atoms with E-state index in [-0.39, 0.29) is 11.6 Å². The number of ketones is 1. The molecule has 0 fully saturated rings. The number of anilines is 1. The molecule has 2 aromatic rings. The van der Waals surface area contributed by atoms with Gasteiger partial charge in [0.25, 0.3) is 0 Å². The van der Waals surface area contributed by atoms with Crippen LogP contribution in [0.5, 0.6) is 0 Å². The average molecular weight is 259 g/mol. The summed E-state index contributed by atoms with van der Waals surface area (Å²) in [6, 6.07) is 7.45. The number of nitrogens with zero attached hydrogens (tertiary/aromatic N) is 1. The summed E-state index contributed by atoms with van der Waals surface area (Å²) in [4.78, 5) is 26.5. The van der Waals surface area contributed by atoms with Gasteiger partial charge in [-0.25, -0.2) is 14.2 Å². The number of carbonyl (C=O) groups is 2. The van der Waals surface area contributed by atoms with E-state index in [0.29, 0.717) is 11.1 Å². The topological polar surface area (TPSA) is 85.1 Å². The molecule has 0 bridgehead atoms. The summed E-state index contributed by atoms with van der Waals surface area (Å²) in [5, 5.41) is 2.29. The fourth-order valence-electron chi connectivity index (χ4n) is 1.50. The predicted octanol–water partition coefficient (Wildman–Crippen LogP) is 1.94. The lowest BCUT2D eigenvalue weighted by atomic mass is 10.1. The Bertz CT molecular complexity index is 609. The van der Waals surface area contributed by atoms with Gasteiger partial charge < -0.3 is 5.73 Å². The number of hydrogen-bond acceptors (Lipinski definition) is 3. The average Bonchev–Trinajstić information content (AvgIpc) is 2.39. The molecule has 0 saturated heterocycles. The molecule has 19 heavy (non-hydrogen) atoms. The van der Waals surface area contributed by atoms with E-state index < -0.39 is 11.8 Å². The molecular weight excluding hydrogens is 249 g/mol. The molecule has 0 atom stereocenters. The second kappa shape index (κ2) is 5.26. The number of halogens is 1. The first-order chi connectivity index (χ1) is 9.06. The molecule has 1 aromatic carbocycles. The zero-order chi connectivity index (χ0) is 13.8. The minimum absolute atomic E-state index is 0.253. The van der Waals surface area contributed by atoms with Gasteiger partial charge in [-0.3, -0.25) is 10.1 Å². The summed E-state index contributed by atoms with van der Waals surface area (Å²) in [7, 11) is 0. The number of benzene rings is 1. The molecule has 2 amide bonds. The molecule has 2 rings (SSSR count). The highest BCUT2D eigenvalue weighted by atomic mass is 19.1. The Balaban J connectivity index is 2.20. The van der Waals surface area contributed by atoms with Crippen molar-refractivity contribution in [1.29, 1.82) is 0 Å². The molecule has 5 nitrogen and oxygen atoms in total. The van der Waals surface area contributed by atoms with Crippen molar-refractivity contribution in [3.8, 4) is 0 Å². The molecule has 1 heterocycles. The van der Waals surface area contributed by atoms with E-state index >= 15 is 0 Å². The van der Waals surface area contributed by atoms with E-state index in [1.807, 2.05) is 0 Å². The number of rotatable bonds is 3. The Morgan fingerprint density at radius 1 is 1.05 bits per heavy atom. The quantitative estimate of drug-likeness (QED) is 0.826. The number of amides is 2. The van der Waals surface area contributed by atoms with Crippen LogP contribution in [0.1, 0.15) is 15.9 Å². The van der Waals surface area contributed by atoms with Crippen LogP contribution in [0.25, 0.3) is 0 Å². The lowest BCUT2D eigenvalue weighted by Crippen LogP contribution is -2.20. The fourth-order valence-corrected chi connectivity index (χ4v) is 1.50. The number of urea groups is 1. The largest absolute Gasteiger partial charge is 0.351 e. The van der Waals surface area contributed by atoms with Crippen LogP contribution in [0.4, 0.5) is 15.0 Å². The zero-order valence-corrected chi connectivity index (χ0v) is 9.76. The van der Waals surface area contributed by atoms with Crippen molar-refractivity contribution in [2.45, 2.75) is 0 Å². The Morgan fingerprint density at radius 2 is 1.68 bits per heavy atom. The van der Waals surface area contributed by atoms with Crippen molar-refractivity contribution in [3.63, 3.8) is 0 Å². The summed E-state index contributed by atoms with van der Waals surface area (Å²) in [6.07, 6.45) is 1.32.